The molecule has 0 spiro atoms. The second-order valence-corrected chi connectivity index (χ2v) is 3.42. The summed E-state index contributed by atoms with van der Waals surface area (Å²) < 4.78 is 5.02. The first-order valence-electron chi connectivity index (χ1n) is 4.83. The number of nitrogens with one attached hydrogen (secondary N) is 1. The van der Waals surface area contributed by atoms with E-state index in [0.717, 1.165) is 0 Å². The third kappa shape index (κ3) is 3.61. The Morgan fingerprint density at radius 2 is 2.12 bits per heavy atom. The highest BCUT2D eigenvalue weighted by atomic mass is 16.5. The average Bonchev–Trinajstić information content (AvgIpc) is 2.16. The van der Waals surface area contributed by atoms with Gasteiger partial charge in [0.2, 0.25) is 5.91 Å². The maximum Gasteiger partial charge on any atom is 0.333 e. The van der Waals surface area contributed by atoms with Crippen molar-refractivity contribution in [1.29, 1.82) is 0 Å². The summed E-state index contributed by atoms with van der Waals surface area (Å²) in [5, 5.41) is 2.43. The molecule has 1 rings (SSSR count). The van der Waals surface area contributed by atoms with Gasteiger partial charge in [0.25, 0.3) is 0 Å². The Kier molecular flexibility index (Phi) is 3.88. The van der Waals surface area contributed by atoms with Crippen molar-refractivity contribution >= 4 is 17.6 Å². The fourth-order valence-electron chi connectivity index (χ4n) is 1.15. The standard InChI is InChI=1S/C11H14N2O3/c1-7(13-8(2)14)11(15)16-10-5-3-4-9(12)6-10/h3-7H,12H2,1-2H3,(H,13,14). The molecule has 1 aromatic rings. The number of amides is 1. The molecular weight excluding hydrogens is 208 g/mol. The molecule has 1 amide bonds. The van der Waals surface area contributed by atoms with Gasteiger partial charge in [0.15, 0.2) is 0 Å². The fourth-order valence-corrected chi connectivity index (χ4v) is 1.15. The summed E-state index contributed by atoms with van der Waals surface area (Å²) in [6, 6.07) is 5.85. The second kappa shape index (κ2) is 5.16. The lowest BCUT2D eigenvalue weighted by Crippen LogP contribution is -2.39. The largest absolute Gasteiger partial charge is 0.425 e. The van der Waals surface area contributed by atoms with E-state index in [4.69, 9.17) is 10.5 Å². The summed E-state index contributed by atoms with van der Waals surface area (Å²) in [4.78, 5) is 22.2. The van der Waals surface area contributed by atoms with Gasteiger partial charge in [-0.3, -0.25) is 4.79 Å². The fraction of sp³-hybridized carbons (Fsp3) is 0.273. The van der Waals surface area contributed by atoms with Crippen molar-refractivity contribution in [3.05, 3.63) is 24.3 Å². The number of hydrogen-bond donors (Lipinski definition) is 2. The monoisotopic (exact) mass is 222 g/mol. The Morgan fingerprint density at radius 1 is 1.44 bits per heavy atom. The molecule has 0 aliphatic heterocycles. The van der Waals surface area contributed by atoms with E-state index in [2.05, 4.69) is 5.32 Å². The van der Waals surface area contributed by atoms with Crippen LogP contribution < -0.4 is 15.8 Å². The molecule has 0 saturated heterocycles. The molecule has 0 saturated carbocycles. The van der Waals surface area contributed by atoms with E-state index in [1.807, 2.05) is 0 Å². The van der Waals surface area contributed by atoms with Crippen LogP contribution in [0.2, 0.25) is 0 Å². The lowest BCUT2D eigenvalue weighted by Gasteiger charge is -2.11. The van der Waals surface area contributed by atoms with E-state index in [1.165, 1.54) is 6.92 Å². The quantitative estimate of drug-likeness (QED) is 0.448. The van der Waals surface area contributed by atoms with E-state index in [0.29, 0.717) is 11.4 Å². The summed E-state index contributed by atoms with van der Waals surface area (Å²) >= 11 is 0. The Hall–Kier alpha value is -2.04. The zero-order chi connectivity index (χ0) is 12.1. The molecule has 5 nitrogen and oxygen atoms in total. The number of anilines is 1. The van der Waals surface area contributed by atoms with Gasteiger partial charge in [-0.05, 0) is 19.1 Å². The highest BCUT2D eigenvalue weighted by Crippen LogP contribution is 2.14. The number of rotatable bonds is 3. The Bertz CT molecular complexity index is 404. The third-order valence-electron chi connectivity index (χ3n) is 1.85. The molecule has 1 aromatic carbocycles. The summed E-state index contributed by atoms with van der Waals surface area (Å²) in [5.41, 5.74) is 6.04. The van der Waals surface area contributed by atoms with Crippen molar-refractivity contribution in [2.45, 2.75) is 19.9 Å². The van der Waals surface area contributed by atoms with Gasteiger partial charge in [0.1, 0.15) is 11.8 Å². The molecule has 0 aliphatic carbocycles. The highest BCUT2D eigenvalue weighted by Gasteiger charge is 2.15. The SMILES string of the molecule is CC(=O)NC(C)C(=O)Oc1cccc(N)c1. The Morgan fingerprint density at radius 3 is 2.69 bits per heavy atom. The number of nitrogens with two attached hydrogens (primary N) is 1. The molecule has 0 heterocycles. The van der Waals surface area contributed by atoms with Crippen molar-refractivity contribution in [3.8, 4) is 5.75 Å². The lowest BCUT2D eigenvalue weighted by molar-refractivity contribution is -0.138. The second-order valence-electron chi connectivity index (χ2n) is 3.42. The Balaban J connectivity index is 2.60. The van der Waals surface area contributed by atoms with E-state index < -0.39 is 12.0 Å². The van der Waals surface area contributed by atoms with Crippen molar-refractivity contribution in [2.24, 2.45) is 0 Å². The minimum Gasteiger partial charge on any atom is -0.425 e. The summed E-state index contributed by atoms with van der Waals surface area (Å²) in [6.07, 6.45) is 0. The van der Waals surface area contributed by atoms with Gasteiger partial charge in [0.05, 0.1) is 0 Å². The van der Waals surface area contributed by atoms with Gasteiger partial charge >= 0.3 is 5.97 Å². The first-order chi connectivity index (χ1) is 7.49. The zero-order valence-electron chi connectivity index (χ0n) is 9.19. The number of nitrogen functional groups attached to an aromatic ring is 1. The summed E-state index contributed by atoms with van der Waals surface area (Å²) in [5.74, 6) is -0.444. The molecule has 0 aromatic heterocycles. The van der Waals surface area contributed by atoms with E-state index in [1.54, 1.807) is 31.2 Å². The average molecular weight is 222 g/mol. The molecule has 0 fully saturated rings. The maximum absolute atomic E-state index is 11.5. The maximum atomic E-state index is 11.5. The minimum atomic E-state index is -0.682. The number of carbonyl (C=O) groups excluding carboxylic acids is 2. The van der Waals surface area contributed by atoms with Gasteiger partial charge < -0.3 is 15.8 Å². The molecule has 0 bridgehead atoms. The molecule has 86 valence electrons. The number of carbonyl (C=O) groups is 2. The topological polar surface area (TPSA) is 81.4 Å². The van der Waals surface area contributed by atoms with Crippen LogP contribution in [0, 0.1) is 0 Å². The Labute approximate surface area is 93.6 Å². The minimum absolute atomic E-state index is 0.281. The van der Waals surface area contributed by atoms with Gasteiger partial charge in [-0.1, -0.05) is 6.07 Å². The van der Waals surface area contributed by atoms with Crippen LogP contribution in [0.4, 0.5) is 5.69 Å². The molecular formula is C11H14N2O3. The van der Waals surface area contributed by atoms with Gasteiger partial charge in [-0.2, -0.15) is 0 Å². The number of esters is 1. The predicted octanol–water partition coefficient (Wildman–Crippen LogP) is 0.699. The summed E-state index contributed by atoms with van der Waals surface area (Å²) in [6.45, 7) is 2.89. The van der Waals surface area contributed by atoms with Crippen LogP contribution in [0.15, 0.2) is 24.3 Å². The van der Waals surface area contributed by atoms with Crippen LogP contribution in [-0.4, -0.2) is 17.9 Å². The van der Waals surface area contributed by atoms with Crippen LogP contribution in [0.25, 0.3) is 0 Å². The van der Waals surface area contributed by atoms with Gasteiger partial charge in [-0.25, -0.2) is 4.79 Å². The number of benzene rings is 1. The normalized spacial score (nSPS) is 11.6. The van der Waals surface area contributed by atoms with E-state index in [9.17, 15) is 9.59 Å². The van der Waals surface area contributed by atoms with Crippen LogP contribution in [0.3, 0.4) is 0 Å². The van der Waals surface area contributed by atoms with Crippen molar-refractivity contribution in [1.82, 2.24) is 5.32 Å². The third-order valence-corrected chi connectivity index (χ3v) is 1.85. The first-order valence-corrected chi connectivity index (χ1v) is 4.83. The van der Waals surface area contributed by atoms with Crippen LogP contribution in [0.5, 0.6) is 5.75 Å². The van der Waals surface area contributed by atoms with E-state index >= 15 is 0 Å². The van der Waals surface area contributed by atoms with Gasteiger partial charge in [0, 0.05) is 18.7 Å². The number of hydrogen-bond acceptors (Lipinski definition) is 4. The molecule has 1 atom stereocenters. The van der Waals surface area contributed by atoms with Crippen LogP contribution in [0.1, 0.15) is 13.8 Å². The first kappa shape index (κ1) is 12.0. The van der Waals surface area contributed by atoms with Crippen molar-refractivity contribution in [3.63, 3.8) is 0 Å². The van der Waals surface area contributed by atoms with Crippen LogP contribution >= 0.6 is 0 Å². The molecule has 5 heteroatoms. The molecule has 0 radical (unpaired) electrons. The summed E-state index contributed by atoms with van der Waals surface area (Å²) in [7, 11) is 0. The van der Waals surface area contributed by atoms with Crippen molar-refractivity contribution in [2.75, 3.05) is 5.73 Å². The molecule has 16 heavy (non-hydrogen) atoms. The van der Waals surface area contributed by atoms with Crippen LogP contribution in [-0.2, 0) is 9.59 Å². The molecule has 1 unspecified atom stereocenters. The lowest BCUT2D eigenvalue weighted by atomic mass is 10.3. The predicted molar refractivity (Wildman–Crippen MR) is 59.8 cm³/mol. The molecule has 3 N–H and O–H groups in total. The zero-order valence-corrected chi connectivity index (χ0v) is 9.19. The molecule has 0 aliphatic rings. The van der Waals surface area contributed by atoms with Crippen molar-refractivity contribution < 1.29 is 14.3 Å². The smallest absolute Gasteiger partial charge is 0.333 e. The van der Waals surface area contributed by atoms with Gasteiger partial charge in [-0.15, -0.1) is 0 Å². The number of ether oxygens (including phenoxy) is 1. The van der Waals surface area contributed by atoms with E-state index in [-0.39, 0.29) is 5.91 Å². The highest BCUT2D eigenvalue weighted by molar-refractivity contribution is 5.84.